The molecule has 2 aliphatic rings. The van der Waals surface area contributed by atoms with Crippen LogP contribution in [0.3, 0.4) is 0 Å². The number of methoxy groups -OCH3 is 2. The van der Waals surface area contributed by atoms with Crippen molar-refractivity contribution in [2.75, 3.05) is 14.2 Å². The number of rotatable bonds is 3. The maximum Gasteiger partial charge on any atom is 0.122 e. The lowest BCUT2D eigenvalue weighted by Gasteiger charge is -2.45. The van der Waals surface area contributed by atoms with Gasteiger partial charge in [0.25, 0.3) is 0 Å². The van der Waals surface area contributed by atoms with Crippen LogP contribution in [0.4, 0.5) is 0 Å². The average Bonchev–Trinajstić information content (AvgIpc) is 2.78. The van der Waals surface area contributed by atoms with E-state index in [0.717, 1.165) is 29.9 Å². The summed E-state index contributed by atoms with van der Waals surface area (Å²) in [6.45, 7) is 6.85. The van der Waals surface area contributed by atoms with Gasteiger partial charge in [0.2, 0.25) is 0 Å². The molecule has 2 fully saturated rings. The highest BCUT2D eigenvalue weighted by molar-refractivity contribution is 5.75. The monoisotopic (exact) mass is 304 g/mol. The summed E-state index contributed by atoms with van der Waals surface area (Å²) in [4.78, 5) is 0. The van der Waals surface area contributed by atoms with Crippen molar-refractivity contribution in [1.29, 1.82) is 0 Å². The molecule has 0 amide bonds. The van der Waals surface area contributed by atoms with Crippen LogP contribution in [0.25, 0.3) is 0 Å². The molecule has 3 unspecified atom stereocenters. The van der Waals surface area contributed by atoms with E-state index in [2.05, 4.69) is 20.8 Å². The Hall–Kier alpha value is -1.16. The first-order valence-corrected chi connectivity index (χ1v) is 7.74. The zero-order valence-electron chi connectivity index (χ0n) is 13.7. The fraction of sp³-hybridized carbons (Fsp3) is 0.667. The molecule has 1 aromatic carbocycles. The van der Waals surface area contributed by atoms with Crippen LogP contribution in [0.2, 0.25) is 0 Å². The van der Waals surface area contributed by atoms with E-state index in [4.69, 9.17) is 9.47 Å². The van der Waals surface area contributed by atoms with Crippen LogP contribution in [0, 0.1) is 16.7 Å². The van der Waals surface area contributed by atoms with E-state index < -0.39 is 5.60 Å². The van der Waals surface area contributed by atoms with Crippen LogP contribution in [0.1, 0.15) is 45.6 Å². The third-order valence-corrected chi connectivity index (χ3v) is 6.72. The first-order chi connectivity index (χ1) is 9.78. The maximum absolute atomic E-state index is 11.6. The van der Waals surface area contributed by atoms with Gasteiger partial charge in [0, 0.05) is 11.5 Å². The van der Waals surface area contributed by atoms with E-state index in [9.17, 15) is 5.11 Å². The molecule has 0 radical (unpaired) electrons. The highest BCUT2D eigenvalue weighted by atomic mass is 16.5. The minimum absolute atomic E-state index is 0. The van der Waals surface area contributed by atoms with Crippen LogP contribution < -0.4 is 9.47 Å². The molecule has 0 aromatic heterocycles. The van der Waals surface area contributed by atoms with E-state index in [0.29, 0.717) is 5.92 Å². The maximum atomic E-state index is 11.6. The molecule has 4 heteroatoms. The number of ether oxygens (including phenoxy) is 2. The van der Waals surface area contributed by atoms with Crippen molar-refractivity contribution < 1.29 is 14.6 Å². The van der Waals surface area contributed by atoms with Gasteiger partial charge in [-0.25, -0.2) is 0 Å². The Labute approximate surface area is 135 Å². The summed E-state index contributed by atoms with van der Waals surface area (Å²) in [5.41, 5.74) is 0.165. The molecule has 0 saturated heterocycles. The second-order valence-corrected chi connectivity index (χ2v) is 7.46. The van der Waals surface area contributed by atoms with Gasteiger partial charge in [-0.2, -0.15) is 0 Å². The lowest BCUT2D eigenvalue weighted by Crippen LogP contribution is -2.44. The predicted octanol–water partition coefficient (Wildman–Crippen LogP) is 2.55. The summed E-state index contributed by atoms with van der Waals surface area (Å²) in [5.74, 6) is 2.05. The van der Waals surface area contributed by atoms with Crippen molar-refractivity contribution in [1.82, 2.24) is 0 Å². The predicted molar refractivity (Wildman–Crippen MR) is 92.6 cm³/mol. The van der Waals surface area contributed by atoms with Crippen LogP contribution in [0.15, 0.2) is 18.2 Å². The number of benzene rings is 1. The molecular weight excluding hydrogens is 275 g/mol. The van der Waals surface area contributed by atoms with Crippen molar-refractivity contribution in [3.63, 3.8) is 0 Å². The average molecular weight is 304 g/mol. The summed E-state index contributed by atoms with van der Waals surface area (Å²) in [5, 5.41) is 11.6. The molecule has 2 aliphatic carbocycles. The molecule has 3 atom stereocenters. The molecular formula is C18H29BO3. The highest BCUT2D eigenvalue weighted by Gasteiger charge is 2.68. The second-order valence-electron chi connectivity index (χ2n) is 7.46. The largest absolute Gasteiger partial charge is 0.497 e. The topological polar surface area (TPSA) is 38.7 Å². The number of aliphatic hydroxyl groups is 1. The fourth-order valence-electron chi connectivity index (χ4n) is 4.76. The Morgan fingerprint density at radius 3 is 1.95 bits per heavy atom. The zero-order valence-corrected chi connectivity index (χ0v) is 13.7. The van der Waals surface area contributed by atoms with Crippen LogP contribution in [0.5, 0.6) is 11.5 Å². The third kappa shape index (κ3) is 1.92. The molecule has 2 saturated carbocycles. The molecule has 2 bridgehead atoms. The van der Waals surface area contributed by atoms with Gasteiger partial charge in [-0.1, -0.05) is 20.8 Å². The Kier molecular flexibility index (Phi) is 4.06. The molecule has 3 rings (SSSR count). The second kappa shape index (κ2) is 5.19. The highest BCUT2D eigenvalue weighted by Crippen LogP contribution is 2.72. The zero-order chi connectivity index (χ0) is 15.5. The molecule has 0 aliphatic heterocycles. The minimum Gasteiger partial charge on any atom is -0.497 e. The Balaban J connectivity index is 0.00000176. The van der Waals surface area contributed by atoms with Crippen LogP contribution >= 0.6 is 0 Å². The van der Waals surface area contributed by atoms with E-state index in [-0.39, 0.29) is 19.2 Å². The molecule has 22 heavy (non-hydrogen) atoms. The lowest BCUT2D eigenvalue weighted by molar-refractivity contribution is -0.0959. The molecule has 0 spiro atoms. The quantitative estimate of drug-likeness (QED) is 0.872. The summed E-state index contributed by atoms with van der Waals surface area (Å²) >= 11 is 0. The van der Waals surface area contributed by atoms with Crippen molar-refractivity contribution >= 4 is 8.41 Å². The van der Waals surface area contributed by atoms with Crippen LogP contribution in [-0.2, 0) is 5.60 Å². The van der Waals surface area contributed by atoms with Crippen molar-refractivity contribution in [2.24, 2.45) is 16.7 Å². The first kappa shape index (κ1) is 17.2. The SMILES string of the molecule is B.COc1cc(OC)cc(C2(O)CC3CCC2(C)C3(C)C)c1. The fourth-order valence-corrected chi connectivity index (χ4v) is 4.76. The van der Waals surface area contributed by atoms with E-state index in [1.165, 1.54) is 6.42 Å². The Morgan fingerprint density at radius 1 is 1.05 bits per heavy atom. The first-order valence-electron chi connectivity index (χ1n) is 7.74. The number of hydrogen-bond acceptors (Lipinski definition) is 3. The van der Waals surface area contributed by atoms with E-state index in [1.807, 2.05) is 18.2 Å². The van der Waals surface area contributed by atoms with Gasteiger partial charge in [-0.15, -0.1) is 0 Å². The standard InChI is InChI=1S/C18H26O3.BH3/c1-16(2)12-6-7-17(16,3)18(19,11-12)13-8-14(20-4)10-15(9-13)21-5;/h8-10,12,19H,6-7,11H2,1-5H3;1H3. The van der Waals surface area contributed by atoms with E-state index >= 15 is 0 Å². The summed E-state index contributed by atoms with van der Waals surface area (Å²) in [6, 6.07) is 5.78. The lowest BCUT2D eigenvalue weighted by atomic mass is 9.62. The van der Waals surface area contributed by atoms with Crippen LogP contribution in [-0.4, -0.2) is 27.7 Å². The smallest absolute Gasteiger partial charge is 0.122 e. The van der Waals surface area contributed by atoms with Gasteiger partial charge < -0.3 is 14.6 Å². The summed E-state index contributed by atoms with van der Waals surface area (Å²) in [6.07, 6.45) is 3.11. The Bertz CT molecular complexity index is 549. The number of fused-ring (bicyclic) bond motifs is 2. The molecule has 1 aromatic rings. The molecule has 3 nitrogen and oxygen atoms in total. The normalized spacial score (nSPS) is 35.1. The van der Waals surface area contributed by atoms with Gasteiger partial charge in [0.1, 0.15) is 11.5 Å². The molecule has 122 valence electrons. The molecule has 1 N–H and O–H groups in total. The number of hydrogen-bond donors (Lipinski definition) is 1. The van der Waals surface area contributed by atoms with Gasteiger partial charge in [0.15, 0.2) is 0 Å². The van der Waals surface area contributed by atoms with Crippen molar-refractivity contribution in [3.8, 4) is 11.5 Å². The van der Waals surface area contributed by atoms with Gasteiger partial charge in [-0.05, 0) is 48.3 Å². The third-order valence-electron chi connectivity index (χ3n) is 6.72. The minimum atomic E-state index is -0.804. The Morgan fingerprint density at radius 2 is 1.59 bits per heavy atom. The van der Waals surface area contributed by atoms with Crippen molar-refractivity contribution in [3.05, 3.63) is 23.8 Å². The van der Waals surface area contributed by atoms with Gasteiger partial charge in [-0.3, -0.25) is 0 Å². The van der Waals surface area contributed by atoms with Crippen molar-refractivity contribution in [2.45, 2.75) is 45.6 Å². The van der Waals surface area contributed by atoms with Gasteiger partial charge >= 0.3 is 0 Å². The summed E-state index contributed by atoms with van der Waals surface area (Å²) in [7, 11) is 3.30. The summed E-state index contributed by atoms with van der Waals surface area (Å²) < 4.78 is 10.8. The van der Waals surface area contributed by atoms with E-state index in [1.54, 1.807) is 14.2 Å². The molecule has 0 heterocycles. The van der Waals surface area contributed by atoms with Gasteiger partial charge in [0.05, 0.1) is 28.2 Å².